The summed E-state index contributed by atoms with van der Waals surface area (Å²) in [5, 5.41) is 8.84. The van der Waals surface area contributed by atoms with Crippen molar-refractivity contribution in [1.82, 2.24) is 4.90 Å². The van der Waals surface area contributed by atoms with Crippen molar-refractivity contribution in [2.45, 2.75) is 33.2 Å². The molecule has 0 atom stereocenters. The molecule has 0 radical (unpaired) electrons. The van der Waals surface area contributed by atoms with Crippen molar-refractivity contribution in [1.29, 1.82) is 0 Å². The zero-order valence-electron chi connectivity index (χ0n) is 9.12. The molecule has 0 unspecified atom stereocenters. The number of aliphatic hydroxyl groups excluding tert-OH is 1. The summed E-state index contributed by atoms with van der Waals surface area (Å²) in [6, 6.07) is 0.554. The van der Waals surface area contributed by atoms with E-state index in [1.54, 1.807) is 0 Å². The van der Waals surface area contributed by atoms with E-state index in [4.69, 9.17) is 5.11 Å². The van der Waals surface area contributed by atoms with Gasteiger partial charge in [0.2, 0.25) is 0 Å². The zero-order valence-corrected chi connectivity index (χ0v) is 9.94. The maximum absolute atomic E-state index is 8.84. The fourth-order valence-corrected chi connectivity index (χ4v) is 1.89. The minimum absolute atomic E-state index is 0.277. The summed E-state index contributed by atoms with van der Waals surface area (Å²) in [5.74, 6) is 2.45. The molecule has 0 heterocycles. The molecule has 3 heteroatoms. The predicted octanol–water partition coefficient (Wildman–Crippen LogP) is 1.83. The lowest BCUT2D eigenvalue weighted by Crippen LogP contribution is -2.34. The van der Waals surface area contributed by atoms with Gasteiger partial charge in [-0.25, -0.2) is 0 Å². The number of rotatable bonds is 8. The van der Waals surface area contributed by atoms with Crippen molar-refractivity contribution in [2.24, 2.45) is 0 Å². The van der Waals surface area contributed by atoms with Crippen LogP contribution in [0.25, 0.3) is 0 Å². The first-order chi connectivity index (χ1) is 6.22. The van der Waals surface area contributed by atoms with Crippen LogP contribution in [0.15, 0.2) is 0 Å². The highest BCUT2D eigenvalue weighted by molar-refractivity contribution is 7.99. The molecule has 0 aliphatic rings. The Kier molecular flexibility index (Phi) is 9.03. The van der Waals surface area contributed by atoms with E-state index in [-0.39, 0.29) is 6.61 Å². The Hall–Kier alpha value is 0.270. The third kappa shape index (κ3) is 7.35. The third-order valence-corrected chi connectivity index (χ3v) is 3.04. The highest BCUT2D eigenvalue weighted by Gasteiger charge is 2.07. The molecule has 0 aromatic rings. The second-order valence-corrected chi connectivity index (χ2v) is 4.80. The molecule has 0 spiro atoms. The fourth-order valence-electron chi connectivity index (χ4n) is 1.27. The van der Waals surface area contributed by atoms with Gasteiger partial charge in [0.1, 0.15) is 0 Å². The molecule has 13 heavy (non-hydrogen) atoms. The standard InChI is InChI=1S/C10H23NOS/c1-4-13-9-5-6-11(7-8-12)10(2)3/h10,12H,4-9H2,1-3H3. The minimum Gasteiger partial charge on any atom is -0.395 e. The third-order valence-electron chi connectivity index (χ3n) is 2.06. The van der Waals surface area contributed by atoms with Gasteiger partial charge in [-0.3, -0.25) is 4.90 Å². The van der Waals surface area contributed by atoms with Gasteiger partial charge < -0.3 is 5.11 Å². The van der Waals surface area contributed by atoms with Crippen molar-refractivity contribution in [2.75, 3.05) is 31.2 Å². The second-order valence-electron chi connectivity index (χ2n) is 3.40. The normalized spacial score (nSPS) is 11.5. The van der Waals surface area contributed by atoms with Crippen LogP contribution < -0.4 is 0 Å². The van der Waals surface area contributed by atoms with Crippen LogP contribution in [0.5, 0.6) is 0 Å². The van der Waals surface area contributed by atoms with E-state index < -0.39 is 0 Å². The Morgan fingerprint density at radius 3 is 2.46 bits per heavy atom. The van der Waals surface area contributed by atoms with Crippen LogP contribution in [0.2, 0.25) is 0 Å². The topological polar surface area (TPSA) is 23.5 Å². The fraction of sp³-hybridized carbons (Fsp3) is 1.00. The quantitative estimate of drug-likeness (QED) is 0.612. The maximum Gasteiger partial charge on any atom is 0.0558 e. The first-order valence-corrected chi connectivity index (χ1v) is 6.30. The summed E-state index contributed by atoms with van der Waals surface area (Å²) in [5.41, 5.74) is 0. The van der Waals surface area contributed by atoms with Gasteiger partial charge in [-0.15, -0.1) is 0 Å². The van der Waals surface area contributed by atoms with E-state index in [1.807, 2.05) is 11.8 Å². The number of aliphatic hydroxyl groups is 1. The molecular weight excluding hydrogens is 182 g/mol. The van der Waals surface area contributed by atoms with Gasteiger partial charge in [0.25, 0.3) is 0 Å². The van der Waals surface area contributed by atoms with Crippen molar-refractivity contribution in [3.05, 3.63) is 0 Å². The van der Waals surface area contributed by atoms with Gasteiger partial charge in [0, 0.05) is 12.6 Å². The Labute approximate surface area is 86.7 Å². The average Bonchev–Trinajstić information content (AvgIpc) is 2.10. The molecule has 0 rings (SSSR count). The number of hydrogen-bond acceptors (Lipinski definition) is 3. The van der Waals surface area contributed by atoms with E-state index >= 15 is 0 Å². The predicted molar refractivity (Wildman–Crippen MR) is 61.4 cm³/mol. The smallest absolute Gasteiger partial charge is 0.0558 e. The summed E-state index contributed by atoms with van der Waals surface area (Å²) in [6.07, 6.45) is 1.23. The van der Waals surface area contributed by atoms with Crippen molar-refractivity contribution in [3.8, 4) is 0 Å². The first-order valence-electron chi connectivity index (χ1n) is 5.15. The van der Waals surface area contributed by atoms with E-state index in [1.165, 1.54) is 17.9 Å². The molecule has 1 N–H and O–H groups in total. The number of nitrogens with zero attached hydrogens (tertiary/aromatic N) is 1. The lowest BCUT2D eigenvalue weighted by molar-refractivity contribution is 0.166. The van der Waals surface area contributed by atoms with E-state index in [0.29, 0.717) is 6.04 Å². The van der Waals surface area contributed by atoms with E-state index in [0.717, 1.165) is 13.1 Å². The molecule has 0 aromatic heterocycles. The lowest BCUT2D eigenvalue weighted by Gasteiger charge is -2.25. The van der Waals surface area contributed by atoms with Gasteiger partial charge in [-0.1, -0.05) is 6.92 Å². The van der Waals surface area contributed by atoms with E-state index in [9.17, 15) is 0 Å². The summed E-state index contributed by atoms with van der Waals surface area (Å²) in [7, 11) is 0. The summed E-state index contributed by atoms with van der Waals surface area (Å²) < 4.78 is 0. The van der Waals surface area contributed by atoms with Crippen LogP contribution in [0.3, 0.4) is 0 Å². The van der Waals surface area contributed by atoms with Gasteiger partial charge in [0.05, 0.1) is 6.61 Å². The zero-order chi connectivity index (χ0) is 10.1. The second kappa shape index (κ2) is 8.85. The SMILES string of the molecule is CCSCCCN(CCO)C(C)C. The Morgan fingerprint density at radius 2 is 2.00 bits per heavy atom. The maximum atomic E-state index is 8.84. The number of hydrogen-bond donors (Lipinski definition) is 1. The molecular formula is C10H23NOS. The molecule has 0 aliphatic heterocycles. The average molecular weight is 205 g/mol. The van der Waals surface area contributed by atoms with Gasteiger partial charge >= 0.3 is 0 Å². The largest absolute Gasteiger partial charge is 0.395 e. The van der Waals surface area contributed by atoms with E-state index in [2.05, 4.69) is 25.7 Å². The Morgan fingerprint density at radius 1 is 1.31 bits per heavy atom. The molecule has 0 aliphatic carbocycles. The van der Waals surface area contributed by atoms with Crippen LogP contribution in [-0.4, -0.2) is 47.3 Å². The minimum atomic E-state index is 0.277. The lowest BCUT2D eigenvalue weighted by atomic mass is 10.3. The van der Waals surface area contributed by atoms with Crippen LogP contribution in [-0.2, 0) is 0 Å². The van der Waals surface area contributed by atoms with Crippen molar-refractivity contribution >= 4 is 11.8 Å². The summed E-state index contributed by atoms with van der Waals surface area (Å²) in [4.78, 5) is 2.33. The molecule has 0 saturated heterocycles. The van der Waals surface area contributed by atoms with Crippen LogP contribution >= 0.6 is 11.8 Å². The molecule has 0 aromatic carbocycles. The highest BCUT2D eigenvalue weighted by atomic mass is 32.2. The summed E-state index contributed by atoms with van der Waals surface area (Å²) in [6.45, 7) is 8.77. The Balaban J connectivity index is 3.45. The molecule has 0 fully saturated rings. The first kappa shape index (κ1) is 13.3. The number of thioether (sulfide) groups is 1. The van der Waals surface area contributed by atoms with Gasteiger partial charge in [0.15, 0.2) is 0 Å². The van der Waals surface area contributed by atoms with Crippen LogP contribution in [0, 0.1) is 0 Å². The van der Waals surface area contributed by atoms with Crippen LogP contribution in [0.4, 0.5) is 0 Å². The van der Waals surface area contributed by atoms with Gasteiger partial charge in [-0.05, 0) is 38.3 Å². The van der Waals surface area contributed by atoms with Crippen LogP contribution in [0.1, 0.15) is 27.2 Å². The summed E-state index contributed by atoms with van der Waals surface area (Å²) >= 11 is 1.99. The monoisotopic (exact) mass is 205 g/mol. The van der Waals surface area contributed by atoms with Crippen molar-refractivity contribution < 1.29 is 5.11 Å². The molecule has 80 valence electrons. The van der Waals surface area contributed by atoms with Gasteiger partial charge in [-0.2, -0.15) is 11.8 Å². The molecule has 2 nitrogen and oxygen atoms in total. The molecule has 0 bridgehead atoms. The highest BCUT2D eigenvalue weighted by Crippen LogP contribution is 2.04. The molecule has 0 amide bonds. The molecule has 0 saturated carbocycles. The van der Waals surface area contributed by atoms with Crippen molar-refractivity contribution in [3.63, 3.8) is 0 Å². The Bertz CT molecular complexity index is 109.